The number of methoxy groups -OCH3 is 1. The van der Waals surface area contributed by atoms with Crippen LogP contribution in [-0.2, 0) is 4.74 Å². The molecule has 0 aromatic heterocycles. The van der Waals surface area contributed by atoms with Gasteiger partial charge < -0.3 is 9.64 Å². The van der Waals surface area contributed by atoms with Crippen LogP contribution in [0.4, 0.5) is 0 Å². The minimum atomic E-state index is 0.0816. The number of rotatable bonds is 3. The smallest absolute Gasteiger partial charge is 0.126 e. The van der Waals surface area contributed by atoms with Crippen molar-refractivity contribution in [3.05, 3.63) is 0 Å². The molecule has 3 heteroatoms. The third kappa shape index (κ3) is 1.85. The lowest BCUT2D eigenvalue weighted by molar-refractivity contribution is 0.126. The molecule has 1 aliphatic heterocycles. The molecule has 0 radical (unpaired) electrons. The Morgan fingerprint density at radius 2 is 2.00 bits per heavy atom. The normalized spacial score (nSPS) is 24.8. The number of nitrogens with zero attached hydrogens (tertiary/aromatic N) is 1. The highest BCUT2D eigenvalue weighted by molar-refractivity contribution is 5.84. The maximum atomic E-state index is 8.01. The van der Waals surface area contributed by atoms with Crippen molar-refractivity contribution in [2.24, 2.45) is 5.92 Å². The van der Waals surface area contributed by atoms with Gasteiger partial charge in [-0.05, 0) is 31.6 Å². The van der Waals surface area contributed by atoms with Gasteiger partial charge in [-0.15, -0.1) is 0 Å². The summed E-state index contributed by atoms with van der Waals surface area (Å²) >= 11 is 0. The van der Waals surface area contributed by atoms with Gasteiger partial charge >= 0.3 is 0 Å². The molecule has 2 rings (SSSR count). The van der Waals surface area contributed by atoms with Crippen LogP contribution in [0, 0.1) is 11.3 Å². The van der Waals surface area contributed by atoms with Gasteiger partial charge in [0.05, 0.1) is 0 Å². The first kappa shape index (κ1) is 9.00. The van der Waals surface area contributed by atoms with E-state index in [1.165, 1.54) is 25.7 Å². The molecule has 1 unspecified atom stereocenters. The number of ether oxygens (including phenoxy) is 1. The van der Waals surface area contributed by atoms with Crippen LogP contribution in [0.5, 0.6) is 0 Å². The maximum Gasteiger partial charge on any atom is 0.126 e. The molecule has 1 aliphatic carbocycles. The van der Waals surface area contributed by atoms with E-state index in [4.69, 9.17) is 10.1 Å². The van der Waals surface area contributed by atoms with Crippen LogP contribution in [0.3, 0.4) is 0 Å². The van der Waals surface area contributed by atoms with E-state index in [1.54, 1.807) is 7.11 Å². The summed E-state index contributed by atoms with van der Waals surface area (Å²) in [5.41, 5.74) is 0. The summed E-state index contributed by atoms with van der Waals surface area (Å²) in [4.78, 5) is 2.17. The standard InChI is InChI=1S/C10H18N2O/c1-13-9(8-4-5-8)10(11)12-6-2-3-7-12/h8-9,11H,2-7H2,1H3. The molecule has 3 nitrogen and oxygen atoms in total. The molecule has 0 spiro atoms. The summed E-state index contributed by atoms with van der Waals surface area (Å²) < 4.78 is 5.38. The van der Waals surface area contributed by atoms with Gasteiger partial charge in [0.1, 0.15) is 11.9 Å². The third-order valence-corrected chi connectivity index (χ3v) is 3.02. The Morgan fingerprint density at radius 3 is 2.46 bits per heavy atom. The Bertz CT molecular complexity index is 195. The van der Waals surface area contributed by atoms with Crippen LogP contribution in [0.25, 0.3) is 0 Å². The zero-order valence-electron chi connectivity index (χ0n) is 8.25. The third-order valence-electron chi connectivity index (χ3n) is 3.02. The predicted molar refractivity (Wildman–Crippen MR) is 52.1 cm³/mol. The molecule has 0 bridgehead atoms. The minimum Gasteiger partial charge on any atom is -0.373 e. The number of hydrogen-bond acceptors (Lipinski definition) is 2. The summed E-state index contributed by atoms with van der Waals surface area (Å²) in [6.07, 6.45) is 5.05. The Labute approximate surface area is 79.6 Å². The molecule has 1 saturated heterocycles. The first-order valence-electron chi connectivity index (χ1n) is 5.19. The molecule has 1 saturated carbocycles. The lowest BCUT2D eigenvalue weighted by atomic mass is 10.2. The van der Waals surface area contributed by atoms with Crippen molar-refractivity contribution < 1.29 is 4.74 Å². The topological polar surface area (TPSA) is 36.3 Å². The zero-order valence-corrected chi connectivity index (χ0v) is 8.25. The van der Waals surface area contributed by atoms with Crippen molar-refractivity contribution in [3.8, 4) is 0 Å². The second-order valence-corrected chi connectivity index (χ2v) is 4.07. The lowest BCUT2D eigenvalue weighted by Gasteiger charge is -2.24. The molecule has 0 aromatic rings. The number of nitrogens with one attached hydrogen (secondary N) is 1. The fourth-order valence-electron chi connectivity index (χ4n) is 2.06. The van der Waals surface area contributed by atoms with E-state index in [2.05, 4.69) is 4.90 Å². The summed E-state index contributed by atoms with van der Waals surface area (Å²) in [6.45, 7) is 2.12. The summed E-state index contributed by atoms with van der Waals surface area (Å²) in [6, 6.07) is 0. The first-order valence-corrected chi connectivity index (χ1v) is 5.19. The van der Waals surface area contributed by atoms with Crippen LogP contribution in [0.2, 0.25) is 0 Å². The molecule has 0 aromatic carbocycles. The quantitative estimate of drug-likeness (QED) is 0.530. The summed E-state index contributed by atoms with van der Waals surface area (Å²) in [5, 5.41) is 8.01. The fourth-order valence-corrected chi connectivity index (χ4v) is 2.06. The first-order chi connectivity index (χ1) is 6.33. The molecule has 2 fully saturated rings. The minimum absolute atomic E-state index is 0.0816. The second-order valence-electron chi connectivity index (χ2n) is 4.07. The Balaban J connectivity index is 1.92. The summed E-state index contributed by atoms with van der Waals surface area (Å²) in [7, 11) is 1.73. The van der Waals surface area contributed by atoms with Crippen LogP contribution in [-0.4, -0.2) is 37.0 Å². The predicted octanol–water partition coefficient (Wildman–Crippen LogP) is 1.48. The average molecular weight is 182 g/mol. The van der Waals surface area contributed by atoms with Crippen molar-refractivity contribution in [1.82, 2.24) is 4.90 Å². The Hall–Kier alpha value is -0.570. The van der Waals surface area contributed by atoms with E-state index >= 15 is 0 Å². The highest BCUT2D eigenvalue weighted by Gasteiger charge is 2.36. The van der Waals surface area contributed by atoms with Crippen molar-refractivity contribution in [3.63, 3.8) is 0 Å². The van der Waals surface area contributed by atoms with Crippen LogP contribution < -0.4 is 0 Å². The van der Waals surface area contributed by atoms with E-state index in [1.807, 2.05) is 0 Å². The van der Waals surface area contributed by atoms with Gasteiger partial charge in [-0.2, -0.15) is 0 Å². The van der Waals surface area contributed by atoms with Gasteiger partial charge in [0, 0.05) is 20.2 Å². The van der Waals surface area contributed by atoms with Crippen molar-refractivity contribution in [2.75, 3.05) is 20.2 Å². The molecular formula is C10H18N2O. The Kier molecular flexibility index (Phi) is 2.54. The van der Waals surface area contributed by atoms with Crippen LogP contribution >= 0.6 is 0 Å². The van der Waals surface area contributed by atoms with E-state index in [0.717, 1.165) is 18.9 Å². The van der Waals surface area contributed by atoms with Gasteiger partial charge in [0.15, 0.2) is 0 Å². The van der Waals surface area contributed by atoms with Crippen molar-refractivity contribution in [1.29, 1.82) is 5.41 Å². The van der Waals surface area contributed by atoms with E-state index in [0.29, 0.717) is 5.92 Å². The molecule has 0 amide bonds. The van der Waals surface area contributed by atoms with Gasteiger partial charge in [0.25, 0.3) is 0 Å². The highest BCUT2D eigenvalue weighted by Crippen LogP contribution is 2.35. The number of amidine groups is 1. The van der Waals surface area contributed by atoms with Gasteiger partial charge in [-0.1, -0.05) is 0 Å². The zero-order chi connectivity index (χ0) is 9.26. The molecular weight excluding hydrogens is 164 g/mol. The molecule has 13 heavy (non-hydrogen) atoms. The highest BCUT2D eigenvalue weighted by atomic mass is 16.5. The number of hydrogen-bond donors (Lipinski definition) is 1. The van der Waals surface area contributed by atoms with Crippen LogP contribution in [0.1, 0.15) is 25.7 Å². The van der Waals surface area contributed by atoms with Gasteiger partial charge in [-0.25, -0.2) is 0 Å². The fraction of sp³-hybridized carbons (Fsp3) is 0.900. The molecule has 1 N–H and O–H groups in total. The SMILES string of the molecule is COC(C(=N)N1CCCC1)C1CC1. The lowest BCUT2D eigenvalue weighted by Crippen LogP contribution is -2.38. The second kappa shape index (κ2) is 3.66. The van der Waals surface area contributed by atoms with Crippen molar-refractivity contribution in [2.45, 2.75) is 31.8 Å². The van der Waals surface area contributed by atoms with Crippen LogP contribution in [0.15, 0.2) is 0 Å². The number of likely N-dealkylation sites (tertiary alicyclic amines) is 1. The van der Waals surface area contributed by atoms with Crippen molar-refractivity contribution >= 4 is 5.84 Å². The molecule has 2 aliphatic rings. The van der Waals surface area contributed by atoms with E-state index < -0.39 is 0 Å². The van der Waals surface area contributed by atoms with E-state index in [-0.39, 0.29) is 6.10 Å². The Morgan fingerprint density at radius 1 is 1.38 bits per heavy atom. The van der Waals surface area contributed by atoms with E-state index in [9.17, 15) is 0 Å². The molecule has 1 atom stereocenters. The molecule has 74 valence electrons. The average Bonchev–Trinajstić information content (AvgIpc) is 2.83. The van der Waals surface area contributed by atoms with Gasteiger partial charge in [-0.3, -0.25) is 5.41 Å². The van der Waals surface area contributed by atoms with Gasteiger partial charge in [0.2, 0.25) is 0 Å². The monoisotopic (exact) mass is 182 g/mol. The largest absolute Gasteiger partial charge is 0.373 e. The summed E-state index contributed by atoms with van der Waals surface area (Å²) in [5.74, 6) is 1.36. The molecule has 1 heterocycles. The maximum absolute atomic E-state index is 8.01.